The Morgan fingerprint density at radius 1 is 1.40 bits per heavy atom. The maximum Gasteiger partial charge on any atom is 0.344 e. The van der Waals surface area contributed by atoms with Gasteiger partial charge in [-0.3, -0.25) is 4.79 Å². The Kier molecular flexibility index (Phi) is 6.91. The van der Waals surface area contributed by atoms with Crippen LogP contribution in [0.2, 0.25) is 5.02 Å². The fraction of sp³-hybridized carbons (Fsp3) is 0.231. The topological polar surface area (TPSA) is 64.6 Å². The van der Waals surface area contributed by atoms with Gasteiger partial charge in [0.2, 0.25) is 0 Å². The number of halogens is 2. The van der Waals surface area contributed by atoms with E-state index in [1.165, 1.54) is 0 Å². The Morgan fingerprint density at radius 3 is 2.80 bits per heavy atom. The molecule has 1 rings (SSSR count). The van der Waals surface area contributed by atoms with Gasteiger partial charge in [-0.1, -0.05) is 17.5 Å². The van der Waals surface area contributed by atoms with Gasteiger partial charge in [0.15, 0.2) is 13.2 Å². The van der Waals surface area contributed by atoms with Crippen molar-refractivity contribution in [1.29, 1.82) is 0 Å². The molecule has 5 nitrogen and oxygen atoms in total. The molecule has 0 aliphatic rings. The van der Waals surface area contributed by atoms with Crippen LogP contribution in [0.15, 0.2) is 22.7 Å². The minimum absolute atomic E-state index is 0.0879. The quantitative estimate of drug-likeness (QED) is 0.620. The fourth-order valence-corrected chi connectivity index (χ4v) is 1.91. The molecule has 0 unspecified atom stereocenters. The van der Waals surface area contributed by atoms with Gasteiger partial charge in [-0.15, -0.1) is 6.42 Å². The van der Waals surface area contributed by atoms with Crippen LogP contribution in [0, 0.1) is 12.3 Å². The summed E-state index contributed by atoms with van der Waals surface area (Å²) in [6, 6.07) is 4.87. The second-order valence-corrected chi connectivity index (χ2v) is 4.80. The Bertz CT molecular complexity index is 542. The smallest absolute Gasteiger partial charge is 0.344 e. The van der Waals surface area contributed by atoms with E-state index in [9.17, 15) is 9.59 Å². The van der Waals surface area contributed by atoms with Crippen LogP contribution in [0.25, 0.3) is 0 Å². The Labute approximate surface area is 129 Å². The fourth-order valence-electron chi connectivity index (χ4n) is 1.12. The van der Waals surface area contributed by atoms with Crippen LogP contribution in [0.5, 0.6) is 5.75 Å². The van der Waals surface area contributed by atoms with Gasteiger partial charge in [-0.2, -0.15) is 0 Å². The maximum atomic E-state index is 11.4. The summed E-state index contributed by atoms with van der Waals surface area (Å²) in [6.45, 7) is -0.626. The maximum absolute atomic E-state index is 11.4. The van der Waals surface area contributed by atoms with Gasteiger partial charge in [0, 0.05) is 5.02 Å². The summed E-state index contributed by atoms with van der Waals surface area (Å²) in [6.07, 6.45) is 4.96. The molecule has 1 aromatic rings. The summed E-state index contributed by atoms with van der Waals surface area (Å²) in [5.74, 6) is 1.55. The van der Waals surface area contributed by atoms with E-state index in [1.54, 1.807) is 18.2 Å². The minimum Gasteiger partial charge on any atom is -0.481 e. The Balaban J connectivity index is 2.33. The van der Waals surface area contributed by atoms with Crippen LogP contribution in [0.4, 0.5) is 0 Å². The summed E-state index contributed by atoms with van der Waals surface area (Å²) in [7, 11) is 0. The van der Waals surface area contributed by atoms with Crippen molar-refractivity contribution < 1.29 is 19.1 Å². The van der Waals surface area contributed by atoms with Gasteiger partial charge in [0.25, 0.3) is 5.91 Å². The first-order chi connectivity index (χ1) is 9.52. The van der Waals surface area contributed by atoms with Gasteiger partial charge in [0.1, 0.15) is 5.75 Å². The molecular weight excluding hydrogens is 350 g/mol. The predicted octanol–water partition coefficient (Wildman–Crippen LogP) is 1.77. The van der Waals surface area contributed by atoms with E-state index in [2.05, 4.69) is 27.2 Å². The lowest BCUT2D eigenvalue weighted by molar-refractivity contribution is -0.150. The van der Waals surface area contributed by atoms with Gasteiger partial charge < -0.3 is 14.8 Å². The number of hydrogen-bond acceptors (Lipinski definition) is 4. The summed E-state index contributed by atoms with van der Waals surface area (Å²) in [5, 5.41) is 2.90. The van der Waals surface area contributed by atoms with E-state index in [0.29, 0.717) is 15.2 Å². The lowest BCUT2D eigenvalue weighted by Crippen LogP contribution is -2.30. The van der Waals surface area contributed by atoms with Gasteiger partial charge in [-0.05, 0) is 34.1 Å². The van der Waals surface area contributed by atoms with E-state index in [0.717, 1.165) is 0 Å². The molecular formula is C13H11BrClNO4. The molecule has 1 amide bonds. The molecule has 1 aromatic carbocycles. The van der Waals surface area contributed by atoms with E-state index in [-0.39, 0.29) is 13.2 Å². The van der Waals surface area contributed by atoms with Gasteiger partial charge in [-0.25, -0.2) is 4.79 Å². The van der Waals surface area contributed by atoms with Crippen LogP contribution in [-0.2, 0) is 14.3 Å². The molecule has 0 atom stereocenters. The van der Waals surface area contributed by atoms with Crippen LogP contribution < -0.4 is 10.1 Å². The third-order valence-corrected chi connectivity index (χ3v) is 2.85. The molecule has 0 heterocycles. The second-order valence-electron chi connectivity index (χ2n) is 3.50. The SMILES string of the molecule is C#CCNC(=O)COC(=O)COc1ccc(Cl)cc1Br. The summed E-state index contributed by atoms with van der Waals surface area (Å²) in [4.78, 5) is 22.5. The minimum atomic E-state index is -0.664. The van der Waals surface area contributed by atoms with Crippen molar-refractivity contribution in [1.82, 2.24) is 5.32 Å². The molecule has 0 radical (unpaired) electrons. The molecule has 0 spiro atoms. The Morgan fingerprint density at radius 2 is 2.15 bits per heavy atom. The summed E-state index contributed by atoms with van der Waals surface area (Å²) >= 11 is 9.01. The molecule has 1 N–H and O–H groups in total. The molecule has 0 aliphatic carbocycles. The number of terminal acetylenes is 1. The van der Waals surface area contributed by atoms with Crippen molar-refractivity contribution >= 4 is 39.4 Å². The average molecular weight is 361 g/mol. The Hall–Kier alpha value is -1.71. The van der Waals surface area contributed by atoms with Crippen molar-refractivity contribution in [3.63, 3.8) is 0 Å². The van der Waals surface area contributed by atoms with Gasteiger partial charge in [0.05, 0.1) is 11.0 Å². The molecule has 0 bridgehead atoms. The van der Waals surface area contributed by atoms with Crippen molar-refractivity contribution in [2.45, 2.75) is 0 Å². The molecule has 0 saturated carbocycles. The van der Waals surface area contributed by atoms with E-state index in [1.807, 2.05) is 0 Å². The monoisotopic (exact) mass is 359 g/mol. The van der Waals surface area contributed by atoms with E-state index >= 15 is 0 Å². The van der Waals surface area contributed by atoms with Crippen molar-refractivity contribution in [3.8, 4) is 18.1 Å². The predicted molar refractivity (Wildman–Crippen MR) is 77.4 cm³/mol. The largest absolute Gasteiger partial charge is 0.481 e. The molecule has 0 aromatic heterocycles. The van der Waals surface area contributed by atoms with Crippen molar-refractivity contribution in [2.24, 2.45) is 0 Å². The number of carbonyl (C=O) groups is 2. The summed E-state index contributed by atoms with van der Waals surface area (Å²) in [5.41, 5.74) is 0. The molecule has 20 heavy (non-hydrogen) atoms. The zero-order chi connectivity index (χ0) is 15.0. The molecule has 0 saturated heterocycles. The first-order valence-corrected chi connectivity index (χ1v) is 6.63. The number of benzene rings is 1. The molecule has 7 heteroatoms. The number of carbonyl (C=O) groups excluding carboxylic acids is 2. The lowest BCUT2D eigenvalue weighted by atomic mass is 10.3. The number of amides is 1. The van der Waals surface area contributed by atoms with Crippen LogP contribution in [0.1, 0.15) is 0 Å². The van der Waals surface area contributed by atoms with E-state index < -0.39 is 18.5 Å². The van der Waals surface area contributed by atoms with Crippen LogP contribution >= 0.6 is 27.5 Å². The zero-order valence-electron chi connectivity index (χ0n) is 10.3. The first kappa shape index (κ1) is 16.3. The molecule has 106 valence electrons. The number of hydrogen-bond donors (Lipinski definition) is 1. The zero-order valence-corrected chi connectivity index (χ0v) is 12.7. The highest BCUT2D eigenvalue weighted by Crippen LogP contribution is 2.27. The highest BCUT2D eigenvalue weighted by atomic mass is 79.9. The highest BCUT2D eigenvalue weighted by Gasteiger charge is 2.09. The first-order valence-electron chi connectivity index (χ1n) is 5.46. The third-order valence-electron chi connectivity index (χ3n) is 1.99. The summed E-state index contributed by atoms with van der Waals surface area (Å²) < 4.78 is 10.5. The number of nitrogens with one attached hydrogen (secondary N) is 1. The van der Waals surface area contributed by atoms with E-state index in [4.69, 9.17) is 27.5 Å². The average Bonchev–Trinajstić information content (AvgIpc) is 2.41. The van der Waals surface area contributed by atoms with Crippen molar-refractivity contribution in [2.75, 3.05) is 19.8 Å². The normalized spacial score (nSPS) is 9.45. The molecule has 0 fully saturated rings. The van der Waals surface area contributed by atoms with Crippen molar-refractivity contribution in [3.05, 3.63) is 27.7 Å². The molecule has 0 aliphatic heterocycles. The number of esters is 1. The van der Waals surface area contributed by atoms with Crippen LogP contribution in [-0.4, -0.2) is 31.6 Å². The number of rotatable bonds is 6. The second kappa shape index (κ2) is 8.46. The number of ether oxygens (including phenoxy) is 2. The van der Waals surface area contributed by atoms with Gasteiger partial charge >= 0.3 is 5.97 Å². The van der Waals surface area contributed by atoms with Crippen LogP contribution in [0.3, 0.4) is 0 Å². The lowest BCUT2D eigenvalue weighted by Gasteiger charge is -2.08. The highest BCUT2D eigenvalue weighted by molar-refractivity contribution is 9.10. The standard InChI is InChI=1S/C13H11BrClNO4/c1-2-5-16-12(17)7-20-13(18)8-19-11-4-3-9(15)6-10(11)14/h1,3-4,6H,5,7-8H2,(H,16,17). The third kappa shape index (κ3) is 5.95.